The quantitative estimate of drug-likeness (QED) is 0.786. The minimum absolute atomic E-state index is 0.479. The van der Waals surface area contributed by atoms with E-state index in [4.69, 9.17) is 0 Å². The van der Waals surface area contributed by atoms with Gasteiger partial charge in [0.25, 0.3) is 0 Å². The molecule has 4 heteroatoms. The van der Waals surface area contributed by atoms with Crippen LogP contribution in [-0.2, 0) is 12.6 Å². The van der Waals surface area contributed by atoms with Gasteiger partial charge in [0.05, 0.1) is 5.56 Å². The van der Waals surface area contributed by atoms with Crippen molar-refractivity contribution in [1.29, 1.82) is 0 Å². The van der Waals surface area contributed by atoms with Crippen molar-refractivity contribution in [2.45, 2.75) is 19.5 Å². The monoisotopic (exact) mass is 251 g/mol. The molecule has 1 aromatic heterocycles. The molecule has 0 unspecified atom stereocenters. The Morgan fingerprint density at radius 3 is 2.44 bits per heavy atom. The first kappa shape index (κ1) is 12.6. The number of hydrogen-bond donors (Lipinski definition) is 0. The third-order valence-corrected chi connectivity index (χ3v) is 2.62. The predicted octanol–water partition coefficient (Wildman–Crippen LogP) is 4.00. The van der Waals surface area contributed by atoms with E-state index in [1.165, 1.54) is 12.1 Å². The van der Waals surface area contributed by atoms with Gasteiger partial charge in [-0.15, -0.1) is 0 Å². The summed E-state index contributed by atoms with van der Waals surface area (Å²) in [6.45, 7) is 1.86. The summed E-state index contributed by atoms with van der Waals surface area (Å²) in [7, 11) is 0. The van der Waals surface area contributed by atoms with E-state index < -0.39 is 11.7 Å². The molecule has 0 aliphatic heterocycles. The molecule has 2 aromatic rings. The van der Waals surface area contributed by atoms with Crippen molar-refractivity contribution in [2.24, 2.45) is 0 Å². The summed E-state index contributed by atoms with van der Waals surface area (Å²) in [5.74, 6) is 0. The van der Waals surface area contributed by atoms with E-state index in [9.17, 15) is 13.2 Å². The number of rotatable bonds is 2. The number of halogens is 3. The lowest BCUT2D eigenvalue weighted by Crippen LogP contribution is -2.05. The highest BCUT2D eigenvalue weighted by Gasteiger charge is 2.30. The van der Waals surface area contributed by atoms with E-state index >= 15 is 0 Å². The fraction of sp³-hybridized carbons (Fsp3) is 0.214. The molecular formula is C14H12F3N. The lowest BCUT2D eigenvalue weighted by atomic mass is 10.0. The van der Waals surface area contributed by atoms with Gasteiger partial charge >= 0.3 is 6.18 Å². The topological polar surface area (TPSA) is 12.9 Å². The highest BCUT2D eigenvalue weighted by Crippen LogP contribution is 2.29. The Bertz CT molecular complexity index is 547. The number of aryl methyl sites for hydroxylation is 1. The van der Waals surface area contributed by atoms with Crippen LogP contribution >= 0.6 is 0 Å². The van der Waals surface area contributed by atoms with Crippen molar-refractivity contribution in [1.82, 2.24) is 4.98 Å². The molecule has 0 spiro atoms. The van der Waals surface area contributed by atoms with Crippen LogP contribution in [0.3, 0.4) is 0 Å². The van der Waals surface area contributed by atoms with E-state index in [0.717, 1.165) is 17.3 Å². The molecule has 18 heavy (non-hydrogen) atoms. The molecule has 2 rings (SSSR count). The highest BCUT2D eigenvalue weighted by molar-refractivity contribution is 5.30. The van der Waals surface area contributed by atoms with Gasteiger partial charge in [-0.25, -0.2) is 0 Å². The van der Waals surface area contributed by atoms with Gasteiger partial charge in [0, 0.05) is 11.9 Å². The highest BCUT2D eigenvalue weighted by atomic mass is 19.4. The van der Waals surface area contributed by atoms with Gasteiger partial charge in [-0.3, -0.25) is 4.98 Å². The fourth-order valence-electron chi connectivity index (χ4n) is 1.81. The molecule has 1 heterocycles. The molecule has 0 N–H and O–H groups in total. The molecule has 1 nitrogen and oxygen atoms in total. The largest absolute Gasteiger partial charge is 0.416 e. The van der Waals surface area contributed by atoms with E-state index in [0.29, 0.717) is 12.0 Å². The van der Waals surface area contributed by atoms with Crippen molar-refractivity contribution < 1.29 is 13.2 Å². The zero-order valence-electron chi connectivity index (χ0n) is 9.83. The van der Waals surface area contributed by atoms with E-state index in [1.54, 1.807) is 12.3 Å². The summed E-state index contributed by atoms with van der Waals surface area (Å²) < 4.78 is 37.7. The Balaban J connectivity index is 2.25. The first-order valence-electron chi connectivity index (χ1n) is 5.53. The average molecular weight is 251 g/mol. The minimum Gasteiger partial charge on any atom is -0.262 e. The zero-order valence-corrected chi connectivity index (χ0v) is 9.83. The molecule has 0 saturated heterocycles. The molecule has 0 aliphatic rings. The third-order valence-electron chi connectivity index (χ3n) is 2.62. The van der Waals surface area contributed by atoms with Crippen molar-refractivity contribution in [2.75, 3.05) is 0 Å². The van der Waals surface area contributed by atoms with E-state index in [-0.39, 0.29) is 0 Å². The van der Waals surface area contributed by atoms with Crippen LogP contribution in [0.2, 0.25) is 0 Å². The van der Waals surface area contributed by atoms with Crippen molar-refractivity contribution in [3.8, 4) is 0 Å². The normalized spacial score (nSPS) is 11.6. The Hall–Kier alpha value is -1.84. The standard InChI is InChI=1S/C14H12F3N/c1-10-7-12(5-6-18-10)8-11-3-2-4-13(9-11)14(15,16)17/h2-7,9H,8H2,1H3. The molecule has 94 valence electrons. The molecular weight excluding hydrogens is 239 g/mol. The number of pyridine rings is 1. The van der Waals surface area contributed by atoms with Crippen molar-refractivity contribution >= 4 is 0 Å². The summed E-state index contributed by atoms with van der Waals surface area (Å²) >= 11 is 0. The maximum Gasteiger partial charge on any atom is 0.416 e. The van der Waals surface area contributed by atoms with Crippen LogP contribution < -0.4 is 0 Å². The number of aromatic nitrogens is 1. The Kier molecular flexibility index (Phi) is 3.36. The lowest BCUT2D eigenvalue weighted by molar-refractivity contribution is -0.137. The van der Waals surface area contributed by atoms with E-state index in [2.05, 4.69) is 4.98 Å². The van der Waals surface area contributed by atoms with Crippen molar-refractivity contribution in [3.63, 3.8) is 0 Å². The molecule has 0 saturated carbocycles. The number of hydrogen-bond acceptors (Lipinski definition) is 1. The predicted molar refractivity (Wildman–Crippen MR) is 63.2 cm³/mol. The summed E-state index contributed by atoms with van der Waals surface area (Å²) in [6.07, 6.45) is -2.14. The van der Waals surface area contributed by atoms with Crippen LogP contribution in [0.1, 0.15) is 22.4 Å². The molecule has 1 aromatic carbocycles. The second kappa shape index (κ2) is 4.80. The van der Waals surface area contributed by atoms with Gasteiger partial charge in [-0.05, 0) is 42.7 Å². The maximum atomic E-state index is 12.6. The van der Waals surface area contributed by atoms with Crippen LogP contribution in [-0.4, -0.2) is 4.98 Å². The molecule has 0 aliphatic carbocycles. The van der Waals surface area contributed by atoms with Gasteiger partial charge in [0.15, 0.2) is 0 Å². The molecule has 0 bridgehead atoms. The maximum absolute atomic E-state index is 12.6. The molecule has 0 radical (unpaired) electrons. The second-order valence-electron chi connectivity index (χ2n) is 4.18. The van der Waals surface area contributed by atoms with Gasteiger partial charge in [0.1, 0.15) is 0 Å². The fourth-order valence-corrected chi connectivity index (χ4v) is 1.81. The number of alkyl halides is 3. The third kappa shape index (κ3) is 3.09. The average Bonchev–Trinajstić information content (AvgIpc) is 2.28. The van der Waals surface area contributed by atoms with Gasteiger partial charge in [-0.1, -0.05) is 18.2 Å². The number of nitrogens with zero attached hydrogens (tertiary/aromatic N) is 1. The van der Waals surface area contributed by atoms with Gasteiger partial charge < -0.3 is 0 Å². The van der Waals surface area contributed by atoms with Gasteiger partial charge in [-0.2, -0.15) is 13.2 Å². The Morgan fingerprint density at radius 1 is 1.06 bits per heavy atom. The van der Waals surface area contributed by atoms with Crippen LogP contribution in [0, 0.1) is 6.92 Å². The second-order valence-corrected chi connectivity index (χ2v) is 4.18. The molecule has 0 amide bonds. The van der Waals surface area contributed by atoms with Crippen LogP contribution in [0.15, 0.2) is 42.6 Å². The van der Waals surface area contributed by atoms with Gasteiger partial charge in [0.2, 0.25) is 0 Å². The Labute approximate surface area is 103 Å². The zero-order chi connectivity index (χ0) is 13.2. The summed E-state index contributed by atoms with van der Waals surface area (Å²) in [5, 5.41) is 0. The SMILES string of the molecule is Cc1cc(Cc2cccc(C(F)(F)F)c2)ccn1. The lowest BCUT2D eigenvalue weighted by Gasteiger charge is -2.09. The Morgan fingerprint density at radius 2 is 1.78 bits per heavy atom. The van der Waals surface area contributed by atoms with E-state index in [1.807, 2.05) is 19.1 Å². The first-order chi connectivity index (χ1) is 8.45. The molecule has 0 fully saturated rings. The van der Waals surface area contributed by atoms with Crippen LogP contribution in [0.5, 0.6) is 0 Å². The summed E-state index contributed by atoms with van der Waals surface area (Å²) in [4.78, 5) is 4.06. The smallest absolute Gasteiger partial charge is 0.262 e. The first-order valence-corrected chi connectivity index (χ1v) is 5.53. The molecule has 0 atom stereocenters. The summed E-state index contributed by atoms with van der Waals surface area (Å²) in [6, 6.07) is 9.10. The summed E-state index contributed by atoms with van der Waals surface area (Å²) in [5.41, 5.74) is 1.86. The van der Waals surface area contributed by atoms with Crippen LogP contribution in [0.25, 0.3) is 0 Å². The minimum atomic E-state index is -4.29. The van der Waals surface area contributed by atoms with Crippen molar-refractivity contribution in [3.05, 3.63) is 65.0 Å². The number of benzene rings is 1. The van der Waals surface area contributed by atoms with Crippen LogP contribution in [0.4, 0.5) is 13.2 Å².